The molecule has 7 nitrogen and oxygen atoms in total. The number of methoxy groups -OCH3 is 1. The van der Waals surface area contributed by atoms with Crippen LogP contribution in [0.2, 0.25) is 0 Å². The number of carbonyl (C=O) groups excluding carboxylic acids is 2. The molecule has 0 aliphatic heterocycles. The summed E-state index contributed by atoms with van der Waals surface area (Å²) < 4.78 is 6.33. The molecule has 1 atom stereocenters. The number of esters is 1. The lowest BCUT2D eigenvalue weighted by Crippen LogP contribution is -2.43. The average Bonchev–Trinajstić information content (AvgIpc) is 2.82. The van der Waals surface area contributed by atoms with Gasteiger partial charge in [0.2, 0.25) is 5.91 Å². The van der Waals surface area contributed by atoms with Crippen LogP contribution >= 0.6 is 0 Å². The Kier molecular flexibility index (Phi) is 5.26. The SMILES string of the molecule is CNC(C(=O)NCC(C)(C)C(=O)OC)c1cnn(C)c1. The molecule has 0 aliphatic rings. The fraction of sp³-hybridized carbons (Fsp3) is 0.615. The summed E-state index contributed by atoms with van der Waals surface area (Å²) in [5, 5.41) is 9.73. The summed E-state index contributed by atoms with van der Waals surface area (Å²) in [6.45, 7) is 3.64. The van der Waals surface area contributed by atoms with Crippen LogP contribution in [0, 0.1) is 5.41 Å². The van der Waals surface area contributed by atoms with Crippen molar-refractivity contribution < 1.29 is 14.3 Å². The summed E-state index contributed by atoms with van der Waals surface area (Å²) in [5.74, 6) is -0.572. The molecule has 0 saturated heterocycles. The number of nitrogens with one attached hydrogen (secondary N) is 2. The van der Waals surface area contributed by atoms with Gasteiger partial charge in [-0.05, 0) is 20.9 Å². The van der Waals surface area contributed by atoms with E-state index in [0.29, 0.717) is 0 Å². The Morgan fingerprint density at radius 2 is 2.15 bits per heavy atom. The van der Waals surface area contributed by atoms with Gasteiger partial charge in [0.05, 0.1) is 18.7 Å². The molecule has 1 amide bonds. The number of hydrogen-bond donors (Lipinski definition) is 2. The summed E-state index contributed by atoms with van der Waals surface area (Å²) in [6.07, 6.45) is 3.40. The molecule has 1 unspecified atom stereocenters. The topological polar surface area (TPSA) is 85.2 Å². The van der Waals surface area contributed by atoms with E-state index in [1.165, 1.54) is 7.11 Å². The molecule has 112 valence electrons. The minimum absolute atomic E-state index is 0.205. The summed E-state index contributed by atoms with van der Waals surface area (Å²) in [5.41, 5.74) is 0.000782. The van der Waals surface area contributed by atoms with Gasteiger partial charge in [-0.2, -0.15) is 5.10 Å². The highest BCUT2D eigenvalue weighted by Crippen LogP contribution is 2.17. The van der Waals surface area contributed by atoms with E-state index in [9.17, 15) is 9.59 Å². The molecule has 0 aromatic carbocycles. The van der Waals surface area contributed by atoms with Crippen molar-refractivity contribution in [3.8, 4) is 0 Å². The van der Waals surface area contributed by atoms with E-state index in [1.54, 1.807) is 45.0 Å². The molecule has 2 N–H and O–H groups in total. The predicted molar refractivity (Wildman–Crippen MR) is 73.8 cm³/mol. The van der Waals surface area contributed by atoms with Crippen LogP contribution in [-0.4, -0.2) is 42.4 Å². The van der Waals surface area contributed by atoms with Crippen LogP contribution in [0.1, 0.15) is 25.5 Å². The molecule has 0 fully saturated rings. The third-order valence-electron chi connectivity index (χ3n) is 3.05. The van der Waals surface area contributed by atoms with E-state index in [1.807, 2.05) is 0 Å². The van der Waals surface area contributed by atoms with Gasteiger partial charge in [-0.1, -0.05) is 0 Å². The number of likely N-dealkylation sites (N-methyl/N-ethyl adjacent to an activating group) is 1. The van der Waals surface area contributed by atoms with E-state index in [4.69, 9.17) is 4.74 Å². The quantitative estimate of drug-likeness (QED) is 0.717. The standard InChI is InChI=1S/C13H22N4O3/c1-13(2,12(19)20-5)8-15-11(18)10(14-3)9-6-16-17(4)7-9/h6-7,10,14H,8H2,1-5H3,(H,15,18). The molecule has 1 aromatic rings. The van der Waals surface area contributed by atoms with Gasteiger partial charge in [0.15, 0.2) is 0 Å². The van der Waals surface area contributed by atoms with E-state index in [-0.39, 0.29) is 18.4 Å². The van der Waals surface area contributed by atoms with Crippen LogP contribution in [0.25, 0.3) is 0 Å². The van der Waals surface area contributed by atoms with Crippen molar-refractivity contribution in [2.45, 2.75) is 19.9 Å². The molecule has 0 spiro atoms. The van der Waals surface area contributed by atoms with Gasteiger partial charge in [-0.3, -0.25) is 14.3 Å². The van der Waals surface area contributed by atoms with Gasteiger partial charge >= 0.3 is 5.97 Å². The number of carbonyl (C=O) groups is 2. The van der Waals surface area contributed by atoms with Crippen LogP contribution in [0.3, 0.4) is 0 Å². The Balaban J connectivity index is 2.67. The molecule has 1 heterocycles. The van der Waals surface area contributed by atoms with Crippen molar-refractivity contribution >= 4 is 11.9 Å². The zero-order chi connectivity index (χ0) is 15.3. The summed E-state index contributed by atoms with van der Waals surface area (Å²) in [7, 11) is 4.81. The molecule has 0 saturated carbocycles. The zero-order valence-electron chi connectivity index (χ0n) is 12.6. The van der Waals surface area contributed by atoms with Gasteiger partial charge in [0, 0.05) is 25.4 Å². The van der Waals surface area contributed by atoms with Crippen LogP contribution in [0.4, 0.5) is 0 Å². The first-order valence-electron chi connectivity index (χ1n) is 6.33. The van der Waals surface area contributed by atoms with Crippen molar-refractivity contribution in [3.63, 3.8) is 0 Å². The van der Waals surface area contributed by atoms with E-state index in [0.717, 1.165) is 5.56 Å². The Morgan fingerprint density at radius 3 is 2.60 bits per heavy atom. The fourth-order valence-corrected chi connectivity index (χ4v) is 1.80. The molecule has 0 bridgehead atoms. The molecular weight excluding hydrogens is 260 g/mol. The summed E-state index contributed by atoms with van der Waals surface area (Å²) >= 11 is 0. The maximum absolute atomic E-state index is 12.2. The van der Waals surface area contributed by atoms with Crippen LogP contribution < -0.4 is 10.6 Å². The van der Waals surface area contributed by atoms with E-state index >= 15 is 0 Å². The lowest BCUT2D eigenvalue weighted by atomic mass is 9.93. The van der Waals surface area contributed by atoms with Crippen molar-refractivity contribution in [2.75, 3.05) is 20.7 Å². The zero-order valence-corrected chi connectivity index (χ0v) is 12.6. The second-order valence-corrected chi connectivity index (χ2v) is 5.26. The molecule has 1 rings (SSSR count). The number of ether oxygens (including phenoxy) is 1. The van der Waals surface area contributed by atoms with Gasteiger partial charge < -0.3 is 15.4 Å². The van der Waals surface area contributed by atoms with Crippen molar-refractivity contribution in [3.05, 3.63) is 18.0 Å². The number of hydrogen-bond acceptors (Lipinski definition) is 5. The highest BCUT2D eigenvalue weighted by atomic mass is 16.5. The maximum atomic E-state index is 12.2. The van der Waals surface area contributed by atoms with Crippen molar-refractivity contribution in [1.29, 1.82) is 0 Å². The first kappa shape index (κ1) is 16.2. The Labute approximate surface area is 118 Å². The first-order valence-corrected chi connectivity index (χ1v) is 6.33. The highest BCUT2D eigenvalue weighted by Gasteiger charge is 2.30. The largest absolute Gasteiger partial charge is 0.469 e. The Hall–Kier alpha value is -1.89. The average molecular weight is 282 g/mol. The van der Waals surface area contributed by atoms with Crippen LogP contribution in [0.15, 0.2) is 12.4 Å². The van der Waals surface area contributed by atoms with Gasteiger partial charge in [0.25, 0.3) is 0 Å². The molecule has 7 heteroatoms. The third-order valence-corrected chi connectivity index (χ3v) is 3.05. The summed E-state index contributed by atoms with van der Waals surface area (Å²) in [4.78, 5) is 23.7. The minimum Gasteiger partial charge on any atom is -0.469 e. The number of amides is 1. The molecule has 1 aromatic heterocycles. The fourth-order valence-electron chi connectivity index (χ4n) is 1.80. The van der Waals surface area contributed by atoms with Crippen molar-refractivity contribution in [2.24, 2.45) is 12.5 Å². The van der Waals surface area contributed by atoms with Crippen LogP contribution in [0.5, 0.6) is 0 Å². The second-order valence-electron chi connectivity index (χ2n) is 5.26. The number of nitrogens with zero attached hydrogens (tertiary/aromatic N) is 2. The van der Waals surface area contributed by atoms with E-state index in [2.05, 4.69) is 15.7 Å². The van der Waals surface area contributed by atoms with Crippen molar-refractivity contribution in [1.82, 2.24) is 20.4 Å². The predicted octanol–water partition coefficient (Wildman–Crippen LogP) is -0.00400. The van der Waals surface area contributed by atoms with Gasteiger partial charge in [-0.15, -0.1) is 0 Å². The number of aryl methyl sites for hydroxylation is 1. The first-order chi connectivity index (χ1) is 9.31. The van der Waals surface area contributed by atoms with E-state index < -0.39 is 11.5 Å². The van der Waals surface area contributed by atoms with Gasteiger partial charge in [-0.25, -0.2) is 0 Å². The lowest BCUT2D eigenvalue weighted by molar-refractivity contribution is -0.150. The Bertz CT molecular complexity index is 482. The molecule has 0 aliphatic carbocycles. The number of rotatable bonds is 6. The highest BCUT2D eigenvalue weighted by molar-refractivity contribution is 5.84. The third kappa shape index (κ3) is 3.80. The smallest absolute Gasteiger partial charge is 0.313 e. The number of aromatic nitrogens is 2. The second kappa shape index (κ2) is 6.51. The molecule has 20 heavy (non-hydrogen) atoms. The minimum atomic E-state index is -0.766. The van der Waals surface area contributed by atoms with Crippen LogP contribution in [-0.2, 0) is 21.4 Å². The normalized spacial score (nSPS) is 12.8. The van der Waals surface area contributed by atoms with Gasteiger partial charge in [0.1, 0.15) is 6.04 Å². The molecular formula is C13H22N4O3. The Morgan fingerprint density at radius 1 is 1.50 bits per heavy atom. The summed E-state index contributed by atoms with van der Waals surface area (Å²) in [6, 6.07) is -0.503. The monoisotopic (exact) mass is 282 g/mol. The maximum Gasteiger partial charge on any atom is 0.313 e. The molecule has 0 radical (unpaired) electrons. The lowest BCUT2D eigenvalue weighted by Gasteiger charge is -2.23.